The van der Waals surface area contributed by atoms with E-state index in [1.54, 1.807) is 12.1 Å². The highest BCUT2D eigenvalue weighted by atomic mass is 35.5. The summed E-state index contributed by atoms with van der Waals surface area (Å²) in [7, 11) is -4.14. The molecule has 0 unspecified atom stereocenters. The highest BCUT2D eigenvalue weighted by Gasteiger charge is 2.20. The molecule has 2 amide bonds. The van der Waals surface area contributed by atoms with Crippen LogP contribution >= 0.6 is 34.5 Å². The van der Waals surface area contributed by atoms with E-state index in [1.807, 2.05) is 4.72 Å². The number of carbonyl (C=O) groups excluding carboxylic acids is 1. The molecule has 0 aliphatic rings. The molecule has 4 aromatic rings. The van der Waals surface area contributed by atoms with Crippen LogP contribution in [0.1, 0.15) is 0 Å². The molecule has 2 heterocycles. The van der Waals surface area contributed by atoms with Crippen molar-refractivity contribution in [3.8, 4) is 5.69 Å². The Morgan fingerprint density at radius 1 is 1.09 bits per heavy atom. The number of nitrogens with one attached hydrogen (secondary N) is 2. The van der Waals surface area contributed by atoms with Crippen molar-refractivity contribution in [2.24, 2.45) is 0 Å². The van der Waals surface area contributed by atoms with E-state index in [-0.39, 0.29) is 25.3 Å². The third-order valence-corrected chi connectivity index (χ3v) is 7.51. The highest BCUT2D eigenvalue weighted by Crippen LogP contribution is 2.25. The van der Waals surface area contributed by atoms with Crippen LogP contribution < -0.4 is 15.6 Å². The number of sulfonamides is 1. The van der Waals surface area contributed by atoms with Crippen LogP contribution in [0.25, 0.3) is 16.6 Å². The summed E-state index contributed by atoms with van der Waals surface area (Å²) >= 11 is 12.4. The first-order valence-electron chi connectivity index (χ1n) is 8.70. The van der Waals surface area contributed by atoms with E-state index in [4.69, 9.17) is 23.2 Å². The molecule has 0 saturated carbocycles. The van der Waals surface area contributed by atoms with Gasteiger partial charge in [-0.25, -0.2) is 27.3 Å². The molecule has 2 aromatic carbocycles. The zero-order valence-electron chi connectivity index (χ0n) is 15.7. The average molecular weight is 513 g/mol. The Balaban J connectivity index is 1.58. The molecule has 0 aliphatic heterocycles. The predicted octanol–water partition coefficient (Wildman–Crippen LogP) is 4.40. The van der Waals surface area contributed by atoms with Gasteiger partial charge in [-0.05, 0) is 48.5 Å². The highest BCUT2D eigenvalue weighted by molar-refractivity contribution is 7.92. The summed E-state index contributed by atoms with van der Waals surface area (Å²) in [6.07, 6.45) is 1.18. The molecule has 0 fully saturated rings. The van der Waals surface area contributed by atoms with Crippen molar-refractivity contribution in [1.29, 1.82) is 0 Å². The number of benzene rings is 2. The molecule has 4 rings (SSSR count). The number of thiophene rings is 1. The normalized spacial score (nSPS) is 11.5. The van der Waals surface area contributed by atoms with Crippen LogP contribution in [0.2, 0.25) is 9.36 Å². The van der Waals surface area contributed by atoms with Gasteiger partial charge >= 0.3 is 6.03 Å². The lowest BCUT2D eigenvalue weighted by Crippen LogP contribution is -2.34. The molecule has 0 saturated heterocycles. The largest absolute Gasteiger partial charge is 0.333 e. The molecule has 0 bridgehead atoms. The third kappa shape index (κ3) is 4.46. The first-order valence-corrected chi connectivity index (χ1v) is 11.8. The Labute approximate surface area is 194 Å². The Morgan fingerprint density at radius 3 is 2.56 bits per heavy atom. The molecule has 2 aromatic heterocycles. The van der Waals surface area contributed by atoms with Crippen LogP contribution in [-0.4, -0.2) is 24.0 Å². The van der Waals surface area contributed by atoms with Crippen molar-refractivity contribution in [2.45, 2.75) is 4.21 Å². The van der Waals surface area contributed by atoms with Crippen LogP contribution in [0.3, 0.4) is 0 Å². The van der Waals surface area contributed by atoms with Crippen molar-refractivity contribution >= 4 is 67.2 Å². The molecule has 0 spiro atoms. The van der Waals surface area contributed by atoms with Gasteiger partial charge in [-0.2, -0.15) is 0 Å². The molecule has 0 atom stereocenters. The number of fused-ring (bicyclic) bond motifs is 1. The minimum absolute atomic E-state index is 0.0343. The number of halogens is 3. The zero-order chi connectivity index (χ0) is 23.0. The van der Waals surface area contributed by atoms with E-state index in [0.29, 0.717) is 10.5 Å². The smallest absolute Gasteiger partial charge is 0.307 e. The van der Waals surface area contributed by atoms with Crippen LogP contribution in [-0.2, 0) is 10.0 Å². The van der Waals surface area contributed by atoms with E-state index in [2.05, 4.69) is 10.3 Å². The van der Waals surface area contributed by atoms with Gasteiger partial charge in [0, 0.05) is 10.7 Å². The number of urea groups is 1. The van der Waals surface area contributed by atoms with Crippen LogP contribution in [0.15, 0.2) is 63.9 Å². The van der Waals surface area contributed by atoms with Gasteiger partial charge in [0.15, 0.2) is 0 Å². The Morgan fingerprint density at radius 2 is 1.88 bits per heavy atom. The summed E-state index contributed by atoms with van der Waals surface area (Å²) in [6.45, 7) is 0. The maximum Gasteiger partial charge on any atom is 0.333 e. The van der Waals surface area contributed by atoms with Crippen molar-refractivity contribution < 1.29 is 17.6 Å². The summed E-state index contributed by atoms with van der Waals surface area (Å²) in [5, 5.41) is 2.77. The average Bonchev–Trinajstić information content (AvgIpc) is 3.16. The lowest BCUT2D eigenvalue weighted by atomic mass is 10.2. The van der Waals surface area contributed by atoms with Gasteiger partial charge in [0.05, 0.1) is 20.9 Å². The van der Waals surface area contributed by atoms with Gasteiger partial charge in [0.2, 0.25) is 0 Å². The lowest BCUT2D eigenvalue weighted by molar-refractivity contribution is 0.256. The molecular formula is C19H11Cl2FN4O4S2. The number of carbonyl (C=O) groups is 1. The van der Waals surface area contributed by atoms with E-state index in [1.165, 1.54) is 36.7 Å². The summed E-state index contributed by atoms with van der Waals surface area (Å²) < 4.78 is 42.0. The number of nitrogens with zero attached hydrogens (tertiary/aromatic N) is 2. The Kier molecular flexibility index (Phi) is 5.91. The van der Waals surface area contributed by atoms with E-state index < -0.39 is 27.4 Å². The van der Waals surface area contributed by atoms with Crippen molar-refractivity contribution in [2.75, 3.05) is 5.32 Å². The molecule has 32 heavy (non-hydrogen) atoms. The van der Waals surface area contributed by atoms with Crippen LogP contribution in [0.4, 0.5) is 14.9 Å². The minimum Gasteiger partial charge on any atom is -0.307 e. The summed E-state index contributed by atoms with van der Waals surface area (Å²) in [5.41, 5.74) is -0.279. The predicted molar refractivity (Wildman–Crippen MR) is 121 cm³/mol. The monoisotopic (exact) mass is 512 g/mol. The maximum absolute atomic E-state index is 14.7. The minimum atomic E-state index is -4.14. The second-order valence-electron chi connectivity index (χ2n) is 6.37. The number of hydrogen-bond donors (Lipinski definition) is 2. The number of anilines is 1. The van der Waals surface area contributed by atoms with Gasteiger partial charge in [-0.3, -0.25) is 9.36 Å². The van der Waals surface area contributed by atoms with E-state index >= 15 is 0 Å². The number of aromatic nitrogens is 2. The second kappa shape index (κ2) is 8.51. The zero-order valence-corrected chi connectivity index (χ0v) is 18.8. The summed E-state index contributed by atoms with van der Waals surface area (Å²) in [4.78, 5) is 28.9. The van der Waals surface area contributed by atoms with Gasteiger partial charge in [0.1, 0.15) is 16.4 Å². The molecule has 0 aliphatic carbocycles. The lowest BCUT2D eigenvalue weighted by Gasteiger charge is -2.11. The Bertz CT molecular complexity index is 1540. The van der Waals surface area contributed by atoms with E-state index in [9.17, 15) is 22.4 Å². The summed E-state index contributed by atoms with van der Waals surface area (Å²) in [5.74, 6) is -0.846. The molecule has 8 nitrogen and oxygen atoms in total. The third-order valence-electron chi connectivity index (χ3n) is 4.23. The SMILES string of the molecule is O=C(Nc1ccc(-n2cnc3ccc(Cl)cc3c2=O)c(F)c1)NS(=O)(=O)c1ccc(Cl)s1. The molecule has 2 N–H and O–H groups in total. The number of rotatable bonds is 4. The Hall–Kier alpha value is -2.99. The van der Waals surface area contributed by atoms with Crippen LogP contribution in [0.5, 0.6) is 0 Å². The second-order valence-corrected chi connectivity index (χ2v) is 10.4. The molecule has 13 heteroatoms. The van der Waals surface area contributed by atoms with Gasteiger partial charge in [-0.1, -0.05) is 23.2 Å². The van der Waals surface area contributed by atoms with Crippen LogP contribution in [0, 0.1) is 5.82 Å². The standard InChI is InChI=1S/C19H11Cl2FN4O4S2/c20-10-1-3-14-12(7-10)18(27)26(9-23-14)15-4-2-11(8-13(15)22)24-19(28)25-32(29,30)17-6-5-16(21)31-17/h1-9H,(H2,24,25,28). The fourth-order valence-corrected chi connectivity index (χ4v) is 5.38. The van der Waals surface area contributed by atoms with Gasteiger partial charge in [-0.15, -0.1) is 11.3 Å². The fourth-order valence-electron chi connectivity index (χ4n) is 2.82. The van der Waals surface area contributed by atoms with Gasteiger partial charge in [0.25, 0.3) is 15.6 Å². The maximum atomic E-state index is 14.7. The number of amides is 2. The summed E-state index contributed by atoms with van der Waals surface area (Å²) in [6, 6.07) is 9.62. The topological polar surface area (TPSA) is 110 Å². The number of hydrogen-bond acceptors (Lipinski definition) is 6. The van der Waals surface area contributed by atoms with Crippen molar-refractivity contribution in [3.63, 3.8) is 0 Å². The van der Waals surface area contributed by atoms with E-state index in [0.717, 1.165) is 22.0 Å². The van der Waals surface area contributed by atoms with Gasteiger partial charge < -0.3 is 5.32 Å². The molecule has 0 radical (unpaired) electrons. The quantitative estimate of drug-likeness (QED) is 0.420. The van der Waals surface area contributed by atoms with Crippen molar-refractivity contribution in [3.05, 3.63) is 80.4 Å². The fraction of sp³-hybridized carbons (Fsp3) is 0. The first kappa shape index (κ1) is 22.2. The first-order chi connectivity index (χ1) is 15.1. The molecular weight excluding hydrogens is 502 g/mol. The molecule has 164 valence electrons. The van der Waals surface area contributed by atoms with Crippen molar-refractivity contribution in [1.82, 2.24) is 14.3 Å².